The lowest BCUT2D eigenvalue weighted by Gasteiger charge is -2.34. The quantitative estimate of drug-likeness (QED) is 0.450. The van der Waals surface area contributed by atoms with E-state index in [9.17, 15) is 0 Å². The summed E-state index contributed by atoms with van der Waals surface area (Å²) in [5, 5.41) is 0. The largest absolute Gasteiger partial charge is 0.0996 e. The van der Waals surface area contributed by atoms with Crippen LogP contribution in [0.15, 0.2) is 12.2 Å². The molecule has 0 N–H and O–H groups in total. The Balaban J connectivity index is 2.57. The van der Waals surface area contributed by atoms with Crippen LogP contribution in [-0.4, -0.2) is 0 Å². The van der Waals surface area contributed by atoms with Gasteiger partial charge < -0.3 is 0 Å². The van der Waals surface area contributed by atoms with Crippen LogP contribution in [0, 0.1) is 11.3 Å². The van der Waals surface area contributed by atoms with Crippen LogP contribution in [0.5, 0.6) is 0 Å². The summed E-state index contributed by atoms with van der Waals surface area (Å²) in [7, 11) is 0. The van der Waals surface area contributed by atoms with E-state index >= 15 is 0 Å². The van der Waals surface area contributed by atoms with E-state index in [1.807, 2.05) is 0 Å². The molecule has 0 aromatic rings. The molecule has 1 atom stereocenters. The van der Waals surface area contributed by atoms with E-state index < -0.39 is 0 Å². The van der Waals surface area contributed by atoms with Crippen LogP contribution in [0.2, 0.25) is 0 Å². The molecule has 1 aliphatic carbocycles. The van der Waals surface area contributed by atoms with E-state index in [1.165, 1.54) is 24.8 Å². The Hall–Kier alpha value is -0.260. The van der Waals surface area contributed by atoms with Crippen molar-refractivity contribution in [1.82, 2.24) is 0 Å². The van der Waals surface area contributed by atoms with Gasteiger partial charge in [-0.05, 0) is 30.6 Å². The SMILES string of the molecule is C=C1CC(C)(C)CCC1C. The van der Waals surface area contributed by atoms with Crippen molar-refractivity contribution in [2.45, 2.75) is 40.0 Å². The Kier molecular flexibility index (Phi) is 1.89. The molecular weight excluding hydrogens is 120 g/mol. The van der Waals surface area contributed by atoms with E-state index in [-0.39, 0.29) is 0 Å². The van der Waals surface area contributed by atoms with Crippen molar-refractivity contribution in [3.05, 3.63) is 12.2 Å². The van der Waals surface area contributed by atoms with E-state index in [0.717, 1.165) is 5.92 Å². The molecule has 58 valence electrons. The highest BCUT2D eigenvalue weighted by Gasteiger charge is 2.26. The summed E-state index contributed by atoms with van der Waals surface area (Å²) in [4.78, 5) is 0. The van der Waals surface area contributed by atoms with E-state index in [1.54, 1.807) is 0 Å². The van der Waals surface area contributed by atoms with Gasteiger partial charge in [-0.25, -0.2) is 0 Å². The van der Waals surface area contributed by atoms with Crippen molar-refractivity contribution >= 4 is 0 Å². The number of allylic oxidation sites excluding steroid dienone is 1. The third-order valence-corrected chi connectivity index (χ3v) is 2.66. The third-order valence-electron chi connectivity index (χ3n) is 2.66. The average Bonchev–Trinajstić information content (AvgIpc) is 1.79. The van der Waals surface area contributed by atoms with Crippen molar-refractivity contribution in [3.63, 3.8) is 0 Å². The minimum atomic E-state index is 0.531. The predicted molar refractivity (Wildman–Crippen MR) is 45.9 cm³/mol. The highest BCUT2D eigenvalue weighted by molar-refractivity contribution is 5.06. The Morgan fingerprint density at radius 1 is 1.50 bits per heavy atom. The normalized spacial score (nSPS) is 32.3. The van der Waals surface area contributed by atoms with E-state index in [2.05, 4.69) is 27.4 Å². The zero-order chi connectivity index (χ0) is 7.78. The lowest BCUT2D eigenvalue weighted by Crippen LogP contribution is -2.21. The van der Waals surface area contributed by atoms with Gasteiger partial charge in [-0.3, -0.25) is 0 Å². The standard InChI is InChI=1S/C10H18/c1-8-5-6-10(3,4)7-9(8)2/h8H,2,5-7H2,1,3-4H3. The van der Waals surface area contributed by atoms with Crippen molar-refractivity contribution in [1.29, 1.82) is 0 Å². The van der Waals surface area contributed by atoms with Gasteiger partial charge in [0, 0.05) is 0 Å². The maximum Gasteiger partial charge on any atom is -0.0234 e. The molecule has 1 fully saturated rings. The molecule has 0 aliphatic heterocycles. The molecule has 1 rings (SSSR count). The number of rotatable bonds is 0. The fraction of sp³-hybridized carbons (Fsp3) is 0.800. The van der Waals surface area contributed by atoms with Crippen molar-refractivity contribution in [3.8, 4) is 0 Å². The van der Waals surface area contributed by atoms with Crippen molar-refractivity contribution in [2.75, 3.05) is 0 Å². The maximum atomic E-state index is 4.09. The Morgan fingerprint density at radius 3 is 2.50 bits per heavy atom. The molecule has 1 saturated carbocycles. The van der Waals surface area contributed by atoms with Crippen LogP contribution in [0.4, 0.5) is 0 Å². The van der Waals surface area contributed by atoms with Gasteiger partial charge in [0.05, 0.1) is 0 Å². The van der Waals surface area contributed by atoms with Gasteiger partial charge in [-0.1, -0.05) is 32.9 Å². The van der Waals surface area contributed by atoms with Crippen LogP contribution in [0.3, 0.4) is 0 Å². The summed E-state index contributed by atoms with van der Waals surface area (Å²) >= 11 is 0. The molecule has 0 radical (unpaired) electrons. The fourth-order valence-electron chi connectivity index (χ4n) is 1.69. The summed E-state index contributed by atoms with van der Waals surface area (Å²) in [6, 6.07) is 0. The predicted octanol–water partition coefficient (Wildman–Crippen LogP) is 3.39. The van der Waals surface area contributed by atoms with Crippen LogP contribution < -0.4 is 0 Å². The molecule has 0 nitrogen and oxygen atoms in total. The van der Waals surface area contributed by atoms with Gasteiger partial charge in [0.2, 0.25) is 0 Å². The molecule has 0 heterocycles. The monoisotopic (exact) mass is 138 g/mol. The number of hydrogen-bond acceptors (Lipinski definition) is 0. The molecule has 0 saturated heterocycles. The molecular formula is C10H18. The molecule has 10 heavy (non-hydrogen) atoms. The molecule has 0 aromatic carbocycles. The summed E-state index contributed by atoms with van der Waals surface area (Å²) in [6.07, 6.45) is 3.94. The minimum Gasteiger partial charge on any atom is -0.0996 e. The number of hydrogen-bond donors (Lipinski definition) is 0. The summed E-state index contributed by atoms with van der Waals surface area (Å²) in [6.45, 7) is 11.1. The van der Waals surface area contributed by atoms with E-state index in [0.29, 0.717) is 5.41 Å². The van der Waals surface area contributed by atoms with Crippen LogP contribution in [-0.2, 0) is 0 Å². The van der Waals surface area contributed by atoms with Gasteiger partial charge in [-0.2, -0.15) is 0 Å². The van der Waals surface area contributed by atoms with Crippen LogP contribution in [0.25, 0.3) is 0 Å². The van der Waals surface area contributed by atoms with Gasteiger partial charge in [0.1, 0.15) is 0 Å². The highest BCUT2D eigenvalue weighted by atomic mass is 14.3. The lowest BCUT2D eigenvalue weighted by atomic mass is 9.71. The van der Waals surface area contributed by atoms with Gasteiger partial charge in [-0.15, -0.1) is 0 Å². The molecule has 0 heteroatoms. The van der Waals surface area contributed by atoms with Crippen molar-refractivity contribution < 1.29 is 0 Å². The van der Waals surface area contributed by atoms with Gasteiger partial charge >= 0.3 is 0 Å². The van der Waals surface area contributed by atoms with E-state index in [4.69, 9.17) is 0 Å². The Bertz CT molecular complexity index is 142. The first kappa shape index (κ1) is 7.84. The molecule has 0 amide bonds. The highest BCUT2D eigenvalue weighted by Crippen LogP contribution is 2.40. The maximum absolute atomic E-state index is 4.09. The Morgan fingerprint density at radius 2 is 2.10 bits per heavy atom. The fourth-order valence-corrected chi connectivity index (χ4v) is 1.69. The second kappa shape index (κ2) is 2.41. The third kappa shape index (κ3) is 1.62. The van der Waals surface area contributed by atoms with Gasteiger partial charge in [0.15, 0.2) is 0 Å². The zero-order valence-corrected chi connectivity index (χ0v) is 7.41. The summed E-state index contributed by atoms with van der Waals surface area (Å²) < 4.78 is 0. The average molecular weight is 138 g/mol. The first-order valence-electron chi connectivity index (χ1n) is 4.19. The smallest absolute Gasteiger partial charge is 0.0234 e. The van der Waals surface area contributed by atoms with Crippen molar-refractivity contribution in [2.24, 2.45) is 11.3 Å². The zero-order valence-electron chi connectivity index (χ0n) is 7.41. The second-order valence-corrected chi connectivity index (χ2v) is 4.44. The first-order chi connectivity index (χ1) is 4.51. The minimum absolute atomic E-state index is 0.531. The molecule has 0 spiro atoms. The Labute approximate surface area is 64.3 Å². The molecule has 0 aromatic heterocycles. The lowest BCUT2D eigenvalue weighted by molar-refractivity contribution is 0.257. The summed E-state index contributed by atoms with van der Waals surface area (Å²) in [5.74, 6) is 0.771. The first-order valence-corrected chi connectivity index (χ1v) is 4.19. The summed E-state index contributed by atoms with van der Waals surface area (Å²) in [5.41, 5.74) is 1.99. The van der Waals surface area contributed by atoms with Gasteiger partial charge in [0.25, 0.3) is 0 Å². The molecule has 0 bridgehead atoms. The van der Waals surface area contributed by atoms with Crippen LogP contribution in [0.1, 0.15) is 40.0 Å². The topological polar surface area (TPSA) is 0 Å². The second-order valence-electron chi connectivity index (χ2n) is 4.44. The van der Waals surface area contributed by atoms with Crippen LogP contribution >= 0.6 is 0 Å². The molecule has 1 aliphatic rings. The molecule has 1 unspecified atom stereocenters.